The number of pyridine rings is 1. The smallest absolute Gasteiger partial charge is 0.318 e. The van der Waals surface area contributed by atoms with Crippen molar-refractivity contribution in [2.24, 2.45) is 11.8 Å². The van der Waals surface area contributed by atoms with Crippen LogP contribution in [-0.4, -0.2) is 59.4 Å². The fourth-order valence-corrected chi connectivity index (χ4v) is 5.31. The van der Waals surface area contributed by atoms with Crippen molar-refractivity contribution in [2.45, 2.75) is 38.9 Å². The minimum Gasteiger partial charge on any atom is -0.497 e. The van der Waals surface area contributed by atoms with Crippen molar-refractivity contribution in [3.05, 3.63) is 52.4 Å². The van der Waals surface area contributed by atoms with Crippen molar-refractivity contribution in [1.29, 1.82) is 0 Å². The van der Waals surface area contributed by atoms with Crippen LogP contribution >= 0.6 is 0 Å². The van der Waals surface area contributed by atoms with E-state index in [1.54, 1.807) is 28.7 Å². The summed E-state index contributed by atoms with van der Waals surface area (Å²) >= 11 is 0. The molecule has 3 amide bonds. The Morgan fingerprint density at radius 3 is 2.65 bits per heavy atom. The molecule has 182 valence electrons. The molecule has 2 aromatic rings. The molecule has 9 nitrogen and oxygen atoms in total. The normalized spacial score (nSPS) is 22.8. The third kappa shape index (κ3) is 3.94. The molecular weight excluding hydrogens is 436 g/mol. The highest BCUT2D eigenvalue weighted by Crippen LogP contribution is 2.48. The molecule has 4 rings (SSSR count). The average Bonchev–Trinajstić information content (AvgIpc) is 3.09. The maximum absolute atomic E-state index is 13.6. The van der Waals surface area contributed by atoms with Crippen LogP contribution in [0.25, 0.3) is 11.1 Å². The summed E-state index contributed by atoms with van der Waals surface area (Å²) in [5.74, 6) is -0.711. The first kappa shape index (κ1) is 23.8. The number of hydrogen-bond donors (Lipinski definition) is 3. The number of nitrogens with one attached hydrogen (secondary N) is 2. The summed E-state index contributed by atoms with van der Waals surface area (Å²) in [6, 6.07) is 9.45. The number of aliphatic hydroxyl groups is 1. The molecule has 2 aliphatic heterocycles. The molecule has 0 aliphatic carbocycles. The first-order chi connectivity index (χ1) is 16.5. The largest absolute Gasteiger partial charge is 0.497 e. The maximum atomic E-state index is 13.6. The Balaban J connectivity index is 1.83. The third-order valence-corrected chi connectivity index (χ3v) is 6.84. The number of aromatic nitrogens is 1. The first-order valence-corrected chi connectivity index (χ1v) is 11.8. The molecule has 0 unspecified atom stereocenters. The molecule has 1 fully saturated rings. The zero-order chi connectivity index (χ0) is 24.4. The minimum absolute atomic E-state index is 0.192. The molecule has 1 aromatic carbocycles. The van der Waals surface area contributed by atoms with Crippen LogP contribution in [0.2, 0.25) is 0 Å². The van der Waals surface area contributed by atoms with Crippen LogP contribution in [0.1, 0.15) is 32.0 Å². The van der Waals surface area contributed by atoms with Crippen molar-refractivity contribution < 1.29 is 19.4 Å². The summed E-state index contributed by atoms with van der Waals surface area (Å²) in [6.45, 7) is 4.70. The number of carbonyl (C=O) groups excluding carboxylic acids is 2. The number of urea groups is 1. The van der Waals surface area contributed by atoms with Gasteiger partial charge in [0.1, 0.15) is 5.75 Å². The number of nitrogens with zero attached hydrogens (tertiary/aromatic N) is 2. The van der Waals surface area contributed by atoms with Crippen molar-refractivity contribution in [1.82, 2.24) is 20.1 Å². The van der Waals surface area contributed by atoms with Crippen molar-refractivity contribution >= 4 is 11.9 Å². The predicted octanol–water partition coefficient (Wildman–Crippen LogP) is 1.74. The SMILES string of the molecule is CCCNC(=O)N1[C@@H]2Cn3c(ccc(-c4cccc(OC)c4)c3=O)[C@H]1[C@@H](C(=O)NCC)[C@@H]2CO. The second-order valence-electron chi connectivity index (χ2n) is 8.74. The van der Waals surface area contributed by atoms with Gasteiger partial charge in [0.15, 0.2) is 0 Å². The van der Waals surface area contributed by atoms with Gasteiger partial charge in [0.05, 0.1) is 25.1 Å². The Morgan fingerprint density at radius 2 is 1.97 bits per heavy atom. The van der Waals surface area contributed by atoms with E-state index in [1.807, 2.05) is 38.1 Å². The molecule has 0 spiro atoms. The molecule has 34 heavy (non-hydrogen) atoms. The number of benzene rings is 1. The van der Waals surface area contributed by atoms with E-state index in [0.717, 1.165) is 12.0 Å². The Hall–Kier alpha value is -3.33. The molecule has 1 saturated heterocycles. The van der Waals surface area contributed by atoms with Crippen LogP contribution in [0.4, 0.5) is 4.79 Å². The standard InChI is InChI=1S/C25H32N4O5/c1-4-11-27-25(33)29-20-13-28-19(22(29)21(18(20)14-30)23(31)26-5-2)10-9-17(24(28)32)15-7-6-8-16(12-15)34-3/h6-10,12,18,20-22,30H,4-5,11,13-14H2,1-3H3,(H,26,31)(H,27,33)/t18-,20-,21+,22+/m1/s1. The van der Waals surface area contributed by atoms with Gasteiger partial charge in [-0.25, -0.2) is 4.79 Å². The van der Waals surface area contributed by atoms with Gasteiger partial charge in [0.25, 0.3) is 5.56 Å². The summed E-state index contributed by atoms with van der Waals surface area (Å²) in [4.78, 5) is 41.6. The molecule has 0 saturated carbocycles. The highest BCUT2D eigenvalue weighted by atomic mass is 16.5. The van der Waals surface area contributed by atoms with E-state index in [4.69, 9.17) is 4.74 Å². The van der Waals surface area contributed by atoms with E-state index >= 15 is 0 Å². The van der Waals surface area contributed by atoms with Gasteiger partial charge in [-0.15, -0.1) is 0 Å². The van der Waals surface area contributed by atoms with Gasteiger partial charge in [0.2, 0.25) is 5.91 Å². The topological polar surface area (TPSA) is 113 Å². The van der Waals surface area contributed by atoms with Crippen LogP contribution < -0.4 is 20.9 Å². The lowest BCUT2D eigenvalue weighted by molar-refractivity contribution is -0.127. The molecule has 9 heteroatoms. The number of ether oxygens (including phenoxy) is 1. The minimum atomic E-state index is -0.654. The van der Waals surface area contributed by atoms with E-state index in [-0.39, 0.29) is 30.6 Å². The molecule has 3 N–H and O–H groups in total. The summed E-state index contributed by atoms with van der Waals surface area (Å²) in [5, 5.41) is 16.0. The van der Waals surface area contributed by atoms with Gasteiger partial charge in [-0.2, -0.15) is 0 Å². The van der Waals surface area contributed by atoms with Crippen LogP contribution in [0.3, 0.4) is 0 Å². The molecule has 1 aromatic heterocycles. The molecule has 3 heterocycles. The van der Waals surface area contributed by atoms with Gasteiger partial charge >= 0.3 is 6.03 Å². The molecule has 0 radical (unpaired) electrons. The molecule has 4 atom stereocenters. The average molecular weight is 469 g/mol. The quantitative estimate of drug-likeness (QED) is 0.573. The van der Waals surface area contributed by atoms with Gasteiger partial charge in [0, 0.05) is 43.4 Å². The Bertz CT molecular complexity index is 1130. The number of aliphatic hydroxyl groups excluding tert-OH is 1. The second kappa shape index (κ2) is 9.89. The lowest BCUT2D eigenvalue weighted by atomic mass is 9.86. The van der Waals surface area contributed by atoms with Crippen LogP contribution in [0, 0.1) is 11.8 Å². The monoisotopic (exact) mass is 468 g/mol. The van der Waals surface area contributed by atoms with E-state index in [9.17, 15) is 19.5 Å². The van der Waals surface area contributed by atoms with Crippen LogP contribution in [0.5, 0.6) is 5.75 Å². The van der Waals surface area contributed by atoms with Crippen molar-refractivity contribution in [3.63, 3.8) is 0 Å². The highest BCUT2D eigenvalue weighted by Gasteiger charge is 2.57. The van der Waals surface area contributed by atoms with Crippen molar-refractivity contribution in [3.8, 4) is 16.9 Å². The summed E-state index contributed by atoms with van der Waals surface area (Å²) in [6.07, 6.45) is 0.776. The maximum Gasteiger partial charge on any atom is 0.318 e. The lowest BCUT2D eigenvalue weighted by Gasteiger charge is -2.38. The lowest BCUT2D eigenvalue weighted by Crippen LogP contribution is -2.52. The number of rotatable bonds is 7. The summed E-state index contributed by atoms with van der Waals surface area (Å²) in [7, 11) is 1.57. The zero-order valence-electron chi connectivity index (χ0n) is 19.8. The summed E-state index contributed by atoms with van der Waals surface area (Å²) in [5.41, 5.74) is 1.66. The second-order valence-corrected chi connectivity index (χ2v) is 8.74. The van der Waals surface area contributed by atoms with E-state index in [2.05, 4.69) is 10.6 Å². The van der Waals surface area contributed by atoms with E-state index < -0.39 is 23.9 Å². The zero-order valence-corrected chi connectivity index (χ0v) is 19.8. The van der Waals surface area contributed by atoms with Crippen molar-refractivity contribution in [2.75, 3.05) is 26.8 Å². The van der Waals surface area contributed by atoms with Crippen LogP contribution in [-0.2, 0) is 11.3 Å². The number of fused-ring (bicyclic) bond motifs is 4. The fraction of sp³-hybridized carbons (Fsp3) is 0.480. The number of carbonyl (C=O) groups is 2. The Morgan fingerprint density at radius 1 is 1.18 bits per heavy atom. The van der Waals surface area contributed by atoms with E-state index in [1.165, 1.54) is 0 Å². The third-order valence-electron chi connectivity index (χ3n) is 6.84. The van der Waals surface area contributed by atoms with Gasteiger partial charge < -0.3 is 29.9 Å². The first-order valence-electron chi connectivity index (χ1n) is 11.8. The number of amides is 3. The molecule has 2 aliphatic rings. The fourth-order valence-electron chi connectivity index (χ4n) is 5.31. The number of hydrogen-bond acceptors (Lipinski definition) is 5. The van der Waals surface area contributed by atoms with Gasteiger partial charge in [-0.3, -0.25) is 9.59 Å². The highest BCUT2D eigenvalue weighted by molar-refractivity contribution is 5.84. The predicted molar refractivity (Wildman–Crippen MR) is 127 cm³/mol. The van der Waals surface area contributed by atoms with E-state index in [0.29, 0.717) is 30.1 Å². The van der Waals surface area contributed by atoms with Gasteiger partial charge in [-0.1, -0.05) is 19.1 Å². The Labute approximate surface area is 198 Å². The number of methoxy groups -OCH3 is 1. The molecular formula is C25H32N4O5. The molecule has 2 bridgehead atoms. The Kier molecular flexibility index (Phi) is 6.92. The summed E-state index contributed by atoms with van der Waals surface area (Å²) < 4.78 is 6.97. The van der Waals surface area contributed by atoms with Crippen LogP contribution in [0.15, 0.2) is 41.2 Å². The van der Waals surface area contributed by atoms with Gasteiger partial charge in [-0.05, 0) is 43.2 Å².